The predicted octanol–water partition coefficient (Wildman–Crippen LogP) is 4.91. The van der Waals surface area contributed by atoms with Gasteiger partial charge >= 0.3 is 0 Å². The van der Waals surface area contributed by atoms with Gasteiger partial charge in [0.05, 0.1) is 17.6 Å². The van der Waals surface area contributed by atoms with E-state index in [-0.39, 0.29) is 23.1 Å². The monoisotopic (exact) mass is 425 g/mol. The molecule has 0 aliphatic heterocycles. The molecule has 0 radical (unpaired) electrons. The lowest BCUT2D eigenvalue weighted by molar-refractivity contribution is 0.102. The summed E-state index contributed by atoms with van der Waals surface area (Å²) in [6.45, 7) is 2.28. The van der Waals surface area contributed by atoms with Crippen molar-refractivity contribution >= 4 is 39.6 Å². The zero-order valence-electron chi connectivity index (χ0n) is 17.3. The first kappa shape index (κ1) is 19.7. The summed E-state index contributed by atoms with van der Waals surface area (Å²) in [7, 11) is 0. The number of carbonyl (C=O) groups excluding carboxylic acids is 1. The molecule has 6 nitrogen and oxygen atoms in total. The van der Waals surface area contributed by atoms with Crippen molar-refractivity contribution in [2.24, 2.45) is 0 Å². The summed E-state index contributed by atoms with van der Waals surface area (Å²) in [4.78, 5) is 22.7. The van der Waals surface area contributed by atoms with Gasteiger partial charge in [0.25, 0.3) is 5.91 Å². The molecule has 1 amide bonds. The van der Waals surface area contributed by atoms with Crippen LogP contribution in [0.3, 0.4) is 0 Å². The smallest absolute Gasteiger partial charge is 0.261 e. The number of nitrogens with two attached hydrogens (primary N) is 1. The quantitative estimate of drug-likeness (QED) is 0.428. The van der Waals surface area contributed by atoms with Crippen molar-refractivity contribution in [3.05, 3.63) is 95.3 Å². The van der Waals surface area contributed by atoms with Gasteiger partial charge in [-0.1, -0.05) is 36.4 Å². The second-order valence-electron chi connectivity index (χ2n) is 7.68. The Morgan fingerprint density at radius 3 is 2.44 bits per heavy atom. The largest absolute Gasteiger partial charge is 0.384 e. The number of rotatable bonds is 4. The van der Waals surface area contributed by atoms with Crippen LogP contribution in [0.5, 0.6) is 0 Å². The molecule has 32 heavy (non-hydrogen) atoms. The number of anilines is 2. The van der Waals surface area contributed by atoms with Gasteiger partial charge in [-0.3, -0.25) is 4.79 Å². The van der Waals surface area contributed by atoms with E-state index in [1.807, 2.05) is 55.5 Å². The van der Waals surface area contributed by atoms with Crippen molar-refractivity contribution in [1.82, 2.24) is 14.5 Å². The third kappa shape index (κ3) is 3.54. The van der Waals surface area contributed by atoms with Crippen LogP contribution in [-0.4, -0.2) is 20.4 Å². The van der Waals surface area contributed by atoms with E-state index in [2.05, 4.69) is 5.32 Å². The van der Waals surface area contributed by atoms with Crippen LogP contribution in [0, 0.1) is 12.7 Å². The fourth-order valence-electron chi connectivity index (χ4n) is 3.79. The van der Waals surface area contributed by atoms with Gasteiger partial charge in [-0.25, -0.2) is 14.4 Å². The Morgan fingerprint density at radius 1 is 1.00 bits per heavy atom. The number of carbonyl (C=O) groups is 1. The molecule has 5 rings (SSSR count). The zero-order valence-corrected chi connectivity index (χ0v) is 17.3. The minimum absolute atomic E-state index is 0.254. The molecule has 7 heteroatoms. The highest BCUT2D eigenvalue weighted by molar-refractivity contribution is 6.16. The Kier molecular flexibility index (Phi) is 4.78. The SMILES string of the molecule is Cc1cccc(NC(=O)c2c(N)n(Cc3ccc(F)cc3)c3nc4ccccc4nc23)c1. The number of halogens is 1. The number of para-hydroxylation sites is 2. The van der Waals surface area contributed by atoms with Gasteiger partial charge in [0.15, 0.2) is 5.65 Å². The van der Waals surface area contributed by atoms with Gasteiger partial charge < -0.3 is 15.6 Å². The highest BCUT2D eigenvalue weighted by Crippen LogP contribution is 2.29. The molecule has 2 heterocycles. The summed E-state index contributed by atoms with van der Waals surface area (Å²) < 4.78 is 15.1. The maximum absolute atomic E-state index is 13.4. The molecule has 0 saturated heterocycles. The predicted molar refractivity (Wildman–Crippen MR) is 124 cm³/mol. The lowest BCUT2D eigenvalue weighted by atomic mass is 10.2. The normalized spacial score (nSPS) is 11.2. The second-order valence-corrected chi connectivity index (χ2v) is 7.68. The van der Waals surface area contributed by atoms with Gasteiger partial charge in [-0.15, -0.1) is 0 Å². The molecule has 0 aliphatic rings. The molecule has 3 aromatic carbocycles. The molecule has 5 aromatic rings. The molecule has 3 N–H and O–H groups in total. The number of aryl methyl sites for hydroxylation is 1. The Hall–Kier alpha value is -4.26. The van der Waals surface area contributed by atoms with Crippen LogP contribution < -0.4 is 11.1 Å². The summed E-state index contributed by atoms with van der Waals surface area (Å²) in [5.74, 6) is -0.423. The molecule has 0 unspecified atom stereocenters. The van der Waals surface area contributed by atoms with E-state index in [9.17, 15) is 9.18 Å². The summed E-state index contributed by atoms with van der Waals surface area (Å²) in [6.07, 6.45) is 0. The third-order valence-corrected chi connectivity index (χ3v) is 5.35. The maximum Gasteiger partial charge on any atom is 0.261 e. The lowest BCUT2D eigenvalue weighted by Crippen LogP contribution is -2.15. The van der Waals surface area contributed by atoms with Crippen LogP contribution in [0.15, 0.2) is 72.8 Å². The average Bonchev–Trinajstić information content (AvgIpc) is 3.04. The van der Waals surface area contributed by atoms with E-state index < -0.39 is 0 Å². The maximum atomic E-state index is 13.4. The minimum Gasteiger partial charge on any atom is -0.384 e. The Morgan fingerprint density at radius 2 is 1.72 bits per heavy atom. The molecule has 0 atom stereocenters. The van der Waals surface area contributed by atoms with E-state index in [1.54, 1.807) is 16.7 Å². The van der Waals surface area contributed by atoms with Crippen LogP contribution in [-0.2, 0) is 6.54 Å². The zero-order chi connectivity index (χ0) is 22.2. The number of benzene rings is 3. The molecule has 0 fully saturated rings. The molecule has 0 spiro atoms. The van der Waals surface area contributed by atoms with Crippen molar-refractivity contribution in [3.63, 3.8) is 0 Å². The molecule has 0 bridgehead atoms. The van der Waals surface area contributed by atoms with E-state index in [0.29, 0.717) is 34.4 Å². The van der Waals surface area contributed by atoms with Crippen LogP contribution in [0.2, 0.25) is 0 Å². The van der Waals surface area contributed by atoms with Crippen molar-refractivity contribution < 1.29 is 9.18 Å². The molecular weight excluding hydrogens is 405 g/mol. The van der Waals surface area contributed by atoms with Crippen molar-refractivity contribution in [1.29, 1.82) is 0 Å². The number of nitrogens with zero attached hydrogens (tertiary/aromatic N) is 3. The number of hydrogen-bond donors (Lipinski definition) is 2. The summed E-state index contributed by atoms with van der Waals surface area (Å²) in [5.41, 5.74) is 11.6. The highest BCUT2D eigenvalue weighted by atomic mass is 19.1. The van der Waals surface area contributed by atoms with Gasteiger partial charge in [0.1, 0.15) is 22.7 Å². The first-order valence-corrected chi connectivity index (χ1v) is 10.2. The average molecular weight is 425 g/mol. The number of amides is 1. The van der Waals surface area contributed by atoms with Crippen molar-refractivity contribution in [3.8, 4) is 0 Å². The van der Waals surface area contributed by atoms with Crippen LogP contribution >= 0.6 is 0 Å². The van der Waals surface area contributed by atoms with Crippen molar-refractivity contribution in [2.45, 2.75) is 13.5 Å². The molecule has 0 aliphatic carbocycles. The molecular formula is C25H20FN5O. The fourth-order valence-corrected chi connectivity index (χ4v) is 3.79. The van der Waals surface area contributed by atoms with Gasteiger partial charge in [0, 0.05) is 5.69 Å². The van der Waals surface area contributed by atoms with E-state index in [0.717, 1.165) is 11.1 Å². The van der Waals surface area contributed by atoms with Crippen LogP contribution in [0.25, 0.3) is 22.2 Å². The van der Waals surface area contributed by atoms with E-state index >= 15 is 0 Å². The highest BCUT2D eigenvalue weighted by Gasteiger charge is 2.24. The van der Waals surface area contributed by atoms with E-state index in [1.165, 1.54) is 12.1 Å². The number of hydrogen-bond acceptors (Lipinski definition) is 4. The number of aromatic nitrogens is 3. The Bertz CT molecular complexity index is 1470. The van der Waals surface area contributed by atoms with Crippen molar-refractivity contribution in [2.75, 3.05) is 11.1 Å². The Balaban J connectivity index is 1.67. The molecule has 0 saturated carbocycles. The topological polar surface area (TPSA) is 85.8 Å². The standard InChI is InChI=1S/C25H20FN5O/c1-15-5-4-6-18(13-15)28-25(32)21-22-24(30-20-8-3-2-7-19(20)29-22)31(23(21)27)14-16-9-11-17(26)12-10-16/h2-13H,14,27H2,1H3,(H,28,32). The summed E-state index contributed by atoms with van der Waals surface area (Å²) in [6, 6.07) is 21.1. The molecule has 158 valence electrons. The van der Waals surface area contributed by atoms with Gasteiger partial charge in [-0.05, 0) is 54.4 Å². The Labute approximate surface area is 183 Å². The first-order valence-electron chi connectivity index (χ1n) is 10.2. The number of nitrogen functional groups attached to an aromatic ring is 1. The van der Waals surface area contributed by atoms with Gasteiger partial charge in [-0.2, -0.15) is 0 Å². The molecule has 2 aromatic heterocycles. The van der Waals surface area contributed by atoms with Crippen LogP contribution in [0.4, 0.5) is 15.9 Å². The first-order chi connectivity index (χ1) is 15.5. The lowest BCUT2D eigenvalue weighted by Gasteiger charge is -2.09. The third-order valence-electron chi connectivity index (χ3n) is 5.35. The summed E-state index contributed by atoms with van der Waals surface area (Å²) >= 11 is 0. The summed E-state index contributed by atoms with van der Waals surface area (Å²) in [5, 5.41) is 2.92. The second kappa shape index (κ2) is 7.77. The van der Waals surface area contributed by atoms with Crippen LogP contribution in [0.1, 0.15) is 21.5 Å². The number of fused-ring (bicyclic) bond motifs is 2. The fraction of sp³-hybridized carbons (Fsp3) is 0.0800. The van der Waals surface area contributed by atoms with E-state index in [4.69, 9.17) is 15.7 Å². The van der Waals surface area contributed by atoms with Gasteiger partial charge in [0.2, 0.25) is 0 Å². The number of nitrogens with one attached hydrogen (secondary N) is 1. The minimum atomic E-state index is -0.361.